The fourth-order valence-electron chi connectivity index (χ4n) is 2.07. The maximum absolute atomic E-state index is 13.2. The van der Waals surface area contributed by atoms with Crippen LogP contribution in [0.1, 0.15) is 0 Å². The average molecular weight is 362 g/mol. The lowest BCUT2D eigenvalue weighted by atomic mass is 10.0. The van der Waals surface area contributed by atoms with Crippen LogP contribution in [0.3, 0.4) is 0 Å². The molecule has 0 saturated carbocycles. The molecule has 1 N–H and O–H groups in total. The minimum absolute atomic E-state index is 0.302. The van der Waals surface area contributed by atoms with Gasteiger partial charge in [0.15, 0.2) is 11.5 Å². The second-order valence-electron chi connectivity index (χ2n) is 4.81. The number of ether oxygens (including phenoxy) is 2. The fourth-order valence-corrected chi connectivity index (χ4v) is 2.40. The van der Waals surface area contributed by atoms with Crippen molar-refractivity contribution in [1.29, 1.82) is 0 Å². The highest BCUT2D eigenvalue weighted by Crippen LogP contribution is 2.47. The number of nitrogens with one attached hydrogen (secondary N) is 1. The first-order valence-electron chi connectivity index (χ1n) is 6.42. The lowest BCUT2D eigenvalue weighted by molar-refractivity contribution is -0.391. The third kappa shape index (κ3) is 3.02. The smallest absolute Gasteiger partial charge is 0.507 e. The van der Waals surface area contributed by atoms with Crippen molar-refractivity contribution in [3.8, 4) is 22.6 Å². The van der Waals surface area contributed by atoms with Gasteiger partial charge in [-0.15, -0.1) is 0 Å². The molecule has 0 radical (unpaired) electrons. The molecular weight excluding hydrogens is 354 g/mol. The van der Waals surface area contributed by atoms with E-state index in [1.54, 1.807) is 0 Å². The molecule has 1 unspecified atom stereocenters. The molecule has 128 valence electrons. The normalized spacial score (nSPS) is 18.7. The number of fused-ring (bicyclic) bond motifs is 1. The van der Waals surface area contributed by atoms with E-state index in [1.807, 2.05) is 0 Å². The Kier molecular flexibility index (Phi) is 3.88. The molecule has 1 atom stereocenters. The summed E-state index contributed by atoms with van der Waals surface area (Å²) in [6, 6.07) is 9.55. The number of hydrogen-bond donors (Lipinski definition) is 1. The summed E-state index contributed by atoms with van der Waals surface area (Å²) in [4.78, 5) is 0. The van der Waals surface area contributed by atoms with E-state index in [2.05, 4.69) is 14.2 Å². The van der Waals surface area contributed by atoms with Gasteiger partial charge in [0.1, 0.15) is 0 Å². The first-order valence-corrected chi connectivity index (χ1v) is 7.49. The molecule has 3 rings (SSSR count). The standard InChI is InChI=1S/C14H9F4NO4S/c15-13(16)14(17,18)23-12-7-9(3-6-11(12)22-13)8-1-4-10(5-2-8)19-24(20)21/h1-7,19H,(H,20,21)/p-1. The molecule has 5 nitrogen and oxygen atoms in total. The van der Waals surface area contributed by atoms with Crippen LogP contribution in [0.4, 0.5) is 23.2 Å². The van der Waals surface area contributed by atoms with E-state index >= 15 is 0 Å². The first kappa shape index (κ1) is 16.5. The molecule has 0 amide bonds. The predicted molar refractivity (Wildman–Crippen MR) is 75.6 cm³/mol. The third-order valence-electron chi connectivity index (χ3n) is 3.18. The Morgan fingerprint density at radius 3 is 2.00 bits per heavy atom. The highest BCUT2D eigenvalue weighted by Gasteiger charge is 2.65. The van der Waals surface area contributed by atoms with Crippen molar-refractivity contribution < 1.29 is 35.8 Å². The minimum atomic E-state index is -4.79. The van der Waals surface area contributed by atoms with E-state index in [-0.39, 0.29) is 0 Å². The summed E-state index contributed by atoms with van der Waals surface area (Å²) in [7, 11) is 0. The minimum Gasteiger partial charge on any atom is -0.755 e. The molecule has 0 spiro atoms. The number of anilines is 1. The monoisotopic (exact) mass is 362 g/mol. The number of alkyl halides is 4. The van der Waals surface area contributed by atoms with Crippen molar-refractivity contribution >= 4 is 17.0 Å². The van der Waals surface area contributed by atoms with Crippen LogP contribution >= 0.6 is 0 Å². The van der Waals surface area contributed by atoms with E-state index in [9.17, 15) is 26.3 Å². The van der Waals surface area contributed by atoms with E-state index in [1.165, 1.54) is 30.3 Å². The van der Waals surface area contributed by atoms with Crippen LogP contribution in [0.15, 0.2) is 42.5 Å². The van der Waals surface area contributed by atoms with Crippen molar-refractivity contribution in [3.63, 3.8) is 0 Å². The van der Waals surface area contributed by atoms with Crippen LogP contribution in [0, 0.1) is 0 Å². The van der Waals surface area contributed by atoms with Crippen molar-refractivity contribution in [2.75, 3.05) is 4.72 Å². The number of benzene rings is 2. The second-order valence-corrected chi connectivity index (χ2v) is 5.49. The summed E-state index contributed by atoms with van der Waals surface area (Å²) in [6.07, 6.45) is -9.55. The quantitative estimate of drug-likeness (QED) is 0.670. The Balaban J connectivity index is 1.91. The summed E-state index contributed by atoms with van der Waals surface area (Å²) in [5.74, 6) is -1.03. The molecule has 2 aromatic carbocycles. The van der Waals surface area contributed by atoms with Crippen molar-refractivity contribution in [3.05, 3.63) is 42.5 Å². The zero-order valence-electron chi connectivity index (χ0n) is 11.6. The SMILES string of the molecule is O=S([O-])Nc1ccc(-c2ccc3c(c2)OC(F)(F)C(F)(F)O3)cc1. The predicted octanol–water partition coefficient (Wildman–Crippen LogP) is 3.52. The Morgan fingerprint density at radius 2 is 1.42 bits per heavy atom. The van der Waals surface area contributed by atoms with Gasteiger partial charge in [-0.05, 0) is 35.4 Å². The highest BCUT2D eigenvalue weighted by atomic mass is 32.2. The molecule has 10 heteroatoms. The zero-order valence-corrected chi connectivity index (χ0v) is 12.4. The van der Waals surface area contributed by atoms with Crippen LogP contribution < -0.4 is 14.2 Å². The largest absolute Gasteiger partial charge is 0.755 e. The van der Waals surface area contributed by atoms with Gasteiger partial charge in [0.2, 0.25) is 0 Å². The average Bonchev–Trinajstić information content (AvgIpc) is 2.47. The van der Waals surface area contributed by atoms with Gasteiger partial charge in [-0.2, -0.15) is 17.6 Å². The maximum Gasteiger partial charge on any atom is 0.507 e. The number of hydrogen-bond acceptors (Lipinski definition) is 4. The molecule has 0 bridgehead atoms. The zero-order chi connectivity index (χ0) is 17.5. The van der Waals surface area contributed by atoms with E-state index in [4.69, 9.17) is 0 Å². The van der Waals surface area contributed by atoms with Gasteiger partial charge in [-0.1, -0.05) is 18.2 Å². The Bertz CT molecular complexity index is 798. The van der Waals surface area contributed by atoms with E-state index in [0.29, 0.717) is 16.8 Å². The summed E-state index contributed by atoms with van der Waals surface area (Å²) < 4.78 is 83.8. The van der Waals surface area contributed by atoms with Crippen LogP contribution in [0.2, 0.25) is 0 Å². The van der Waals surface area contributed by atoms with Crippen molar-refractivity contribution in [2.24, 2.45) is 0 Å². The summed E-state index contributed by atoms with van der Waals surface area (Å²) >= 11 is -2.48. The first-order chi connectivity index (χ1) is 11.2. The topological polar surface area (TPSA) is 70.6 Å². The molecular formula is C14H8F4NO4S-. The van der Waals surface area contributed by atoms with Gasteiger partial charge in [-0.3, -0.25) is 4.21 Å². The summed E-state index contributed by atoms with van der Waals surface area (Å²) in [5, 5.41) is 0. The fraction of sp³-hybridized carbons (Fsp3) is 0.143. The lowest BCUT2D eigenvalue weighted by Gasteiger charge is -2.32. The van der Waals surface area contributed by atoms with Crippen molar-refractivity contribution in [1.82, 2.24) is 0 Å². The summed E-state index contributed by atoms with van der Waals surface area (Å²) in [6.45, 7) is 0. The number of rotatable bonds is 3. The Hall–Kier alpha value is -2.33. The Morgan fingerprint density at radius 1 is 0.875 bits per heavy atom. The van der Waals surface area contributed by atoms with Crippen LogP contribution in [-0.2, 0) is 11.3 Å². The van der Waals surface area contributed by atoms with Crippen molar-refractivity contribution in [2.45, 2.75) is 12.2 Å². The highest BCUT2D eigenvalue weighted by molar-refractivity contribution is 7.80. The van der Waals surface area contributed by atoms with E-state index < -0.39 is 35.0 Å². The molecule has 24 heavy (non-hydrogen) atoms. The molecule has 0 fully saturated rings. The van der Waals surface area contributed by atoms with Gasteiger partial charge >= 0.3 is 12.2 Å². The van der Waals surface area contributed by atoms with Gasteiger partial charge in [0.25, 0.3) is 0 Å². The van der Waals surface area contributed by atoms with Gasteiger partial charge in [-0.25, -0.2) is 0 Å². The van der Waals surface area contributed by atoms with Crippen LogP contribution in [-0.4, -0.2) is 21.0 Å². The van der Waals surface area contributed by atoms with Crippen LogP contribution in [0.25, 0.3) is 11.1 Å². The summed E-state index contributed by atoms with van der Waals surface area (Å²) in [5.41, 5.74) is 1.23. The number of halogens is 4. The van der Waals surface area contributed by atoms with Crippen LogP contribution in [0.5, 0.6) is 11.5 Å². The van der Waals surface area contributed by atoms with Gasteiger partial charge in [0.05, 0.1) is 0 Å². The molecule has 1 aliphatic rings. The second kappa shape index (κ2) is 5.64. The van der Waals surface area contributed by atoms with E-state index in [0.717, 1.165) is 12.1 Å². The molecule has 2 aromatic rings. The molecule has 0 aromatic heterocycles. The molecule has 1 heterocycles. The Labute approximate surface area is 135 Å². The molecule has 0 saturated heterocycles. The molecule has 0 aliphatic carbocycles. The lowest BCUT2D eigenvalue weighted by Crippen LogP contribution is -2.52. The van der Waals surface area contributed by atoms with Gasteiger partial charge in [0, 0.05) is 17.0 Å². The molecule has 1 aliphatic heterocycles. The maximum atomic E-state index is 13.2. The van der Waals surface area contributed by atoms with Gasteiger partial charge < -0.3 is 18.7 Å². The third-order valence-corrected chi connectivity index (χ3v) is 3.58.